The van der Waals surface area contributed by atoms with Crippen molar-refractivity contribution in [2.24, 2.45) is 0 Å². The van der Waals surface area contributed by atoms with Gasteiger partial charge in [0, 0.05) is 13.1 Å². The van der Waals surface area contributed by atoms with Crippen LogP contribution in [0, 0.1) is 0 Å². The molecule has 6 heteroatoms. The number of nitrogens with one attached hydrogen (secondary N) is 1. The highest BCUT2D eigenvalue weighted by atomic mass is 32.2. The van der Waals surface area contributed by atoms with Crippen LogP contribution < -0.4 is 5.32 Å². The second-order valence-electron chi connectivity index (χ2n) is 7.96. The summed E-state index contributed by atoms with van der Waals surface area (Å²) < 4.78 is 29.1. The van der Waals surface area contributed by atoms with E-state index in [2.05, 4.69) is 23.5 Å². The van der Waals surface area contributed by atoms with Crippen LogP contribution in [0.1, 0.15) is 49.3 Å². The number of rotatable bonds is 6. The number of amides is 1. The fraction of sp³-hybridized carbons (Fsp3) is 0.375. The standard InChI is InChI=1S/C24H28N2O3S/c1-2-15-26(22-12-7-8-14-25-24(22)27)30(28,29)23-13-6-5-11-21(23)20-16-18-9-3-4-10-19(18)17-20/h3-6,9-11,13,16,22H,2,7-8,12,14-15,17H2,1H3,(H,25,27)/t22-/m1/s1. The Bertz CT molecular complexity index is 1080. The summed E-state index contributed by atoms with van der Waals surface area (Å²) in [6, 6.07) is 14.7. The average molecular weight is 425 g/mol. The lowest BCUT2D eigenvalue weighted by molar-refractivity contribution is -0.124. The zero-order chi connectivity index (χ0) is 21.1. The van der Waals surface area contributed by atoms with Crippen LogP contribution in [0.3, 0.4) is 0 Å². The summed E-state index contributed by atoms with van der Waals surface area (Å²) in [7, 11) is -3.84. The number of sulfonamides is 1. The third kappa shape index (κ3) is 3.94. The van der Waals surface area contributed by atoms with E-state index in [1.165, 1.54) is 9.87 Å². The highest BCUT2D eigenvalue weighted by Gasteiger charge is 2.37. The predicted octanol–water partition coefficient (Wildman–Crippen LogP) is 3.85. The summed E-state index contributed by atoms with van der Waals surface area (Å²) in [6.45, 7) is 2.88. The number of allylic oxidation sites excluding steroid dienone is 1. The number of hydrogen-bond donors (Lipinski definition) is 1. The van der Waals surface area contributed by atoms with E-state index >= 15 is 0 Å². The zero-order valence-electron chi connectivity index (χ0n) is 17.3. The molecule has 0 aromatic heterocycles. The summed E-state index contributed by atoms with van der Waals surface area (Å²) >= 11 is 0. The van der Waals surface area contributed by atoms with Crippen LogP contribution in [-0.2, 0) is 21.2 Å². The molecule has 0 unspecified atom stereocenters. The molecule has 1 amide bonds. The molecule has 5 nitrogen and oxygen atoms in total. The van der Waals surface area contributed by atoms with Gasteiger partial charge in [-0.05, 0) is 60.4 Å². The number of benzene rings is 2. The second kappa shape index (κ2) is 8.74. The Morgan fingerprint density at radius 1 is 1.07 bits per heavy atom. The van der Waals surface area contributed by atoms with E-state index in [1.807, 2.05) is 31.2 Å². The molecule has 2 aliphatic rings. The fourth-order valence-corrected chi connectivity index (χ4v) is 6.34. The predicted molar refractivity (Wildman–Crippen MR) is 119 cm³/mol. The Morgan fingerprint density at radius 2 is 1.83 bits per heavy atom. The van der Waals surface area contributed by atoms with Crippen LogP contribution >= 0.6 is 0 Å². The number of hydrogen-bond acceptors (Lipinski definition) is 3. The number of nitrogens with zero attached hydrogens (tertiary/aromatic N) is 1. The van der Waals surface area contributed by atoms with E-state index < -0.39 is 16.1 Å². The largest absolute Gasteiger partial charge is 0.355 e. The summed E-state index contributed by atoms with van der Waals surface area (Å²) in [5, 5.41) is 2.88. The molecular weight excluding hydrogens is 396 g/mol. The number of carbonyl (C=O) groups excluding carboxylic acids is 1. The van der Waals surface area contributed by atoms with Crippen LogP contribution in [0.2, 0.25) is 0 Å². The van der Waals surface area contributed by atoms with Crippen molar-refractivity contribution in [3.63, 3.8) is 0 Å². The maximum Gasteiger partial charge on any atom is 0.244 e. The van der Waals surface area contributed by atoms with Gasteiger partial charge in [0.15, 0.2) is 0 Å². The molecule has 158 valence electrons. The van der Waals surface area contributed by atoms with Gasteiger partial charge in [0.2, 0.25) is 15.9 Å². The first-order valence-electron chi connectivity index (χ1n) is 10.7. The van der Waals surface area contributed by atoms with Gasteiger partial charge in [0.05, 0.1) is 4.90 Å². The van der Waals surface area contributed by atoms with Gasteiger partial charge >= 0.3 is 0 Å². The fourth-order valence-electron chi connectivity index (χ4n) is 4.40. The van der Waals surface area contributed by atoms with Gasteiger partial charge in [0.25, 0.3) is 0 Å². The lowest BCUT2D eigenvalue weighted by Gasteiger charge is -2.29. The van der Waals surface area contributed by atoms with Crippen LogP contribution in [-0.4, -0.2) is 37.8 Å². The minimum absolute atomic E-state index is 0.186. The van der Waals surface area contributed by atoms with E-state index in [0.717, 1.165) is 29.5 Å². The summed E-state index contributed by atoms with van der Waals surface area (Å²) in [6.07, 6.45) is 5.71. The molecule has 1 fully saturated rings. The van der Waals surface area contributed by atoms with Crippen molar-refractivity contribution in [2.75, 3.05) is 13.1 Å². The number of fused-ring (bicyclic) bond motifs is 1. The number of carbonyl (C=O) groups is 1. The van der Waals surface area contributed by atoms with Crippen molar-refractivity contribution >= 4 is 27.6 Å². The third-order valence-corrected chi connectivity index (χ3v) is 7.85. The van der Waals surface area contributed by atoms with Gasteiger partial charge in [-0.25, -0.2) is 8.42 Å². The maximum atomic E-state index is 13.8. The second-order valence-corrected chi connectivity index (χ2v) is 9.82. The topological polar surface area (TPSA) is 66.5 Å². The molecule has 1 atom stereocenters. The van der Waals surface area contributed by atoms with Crippen LogP contribution in [0.5, 0.6) is 0 Å². The summed E-state index contributed by atoms with van der Waals surface area (Å²) in [5.74, 6) is -0.186. The van der Waals surface area contributed by atoms with Gasteiger partial charge in [-0.2, -0.15) is 4.31 Å². The van der Waals surface area contributed by atoms with Crippen molar-refractivity contribution in [3.05, 3.63) is 65.2 Å². The molecule has 1 heterocycles. The van der Waals surface area contributed by atoms with Gasteiger partial charge in [-0.1, -0.05) is 55.5 Å². The molecule has 0 saturated carbocycles. The molecular formula is C24H28N2O3S. The molecule has 2 aromatic rings. The van der Waals surface area contributed by atoms with Gasteiger partial charge in [-0.15, -0.1) is 0 Å². The molecule has 0 spiro atoms. The van der Waals surface area contributed by atoms with Crippen molar-refractivity contribution in [3.8, 4) is 0 Å². The van der Waals surface area contributed by atoms with E-state index in [1.54, 1.807) is 12.1 Å². The molecule has 1 aliphatic heterocycles. The minimum Gasteiger partial charge on any atom is -0.355 e. The van der Waals surface area contributed by atoms with Gasteiger partial charge in [0.1, 0.15) is 6.04 Å². The van der Waals surface area contributed by atoms with Crippen molar-refractivity contribution in [1.82, 2.24) is 9.62 Å². The van der Waals surface area contributed by atoms with Gasteiger partial charge in [-0.3, -0.25) is 4.79 Å². The first-order valence-corrected chi connectivity index (χ1v) is 12.1. The molecule has 4 rings (SSSR count). The molecule has 0 radical (unpaired) electrons. The maximum absolute atomic E-state index is 13.8. The Balaban J connectivity index is 1.75. The Morgan fingerprint density at radius 3 is 2.63 bits per heavy atom. The Hall–Kier alpha value is -2.44. The van der Waals surface area contributed by atoms with E-state index in [-0.39, 0.29) is 10.8 Å². The van der Waals surface area contributed by atoms with Gasteiger partial charge < -0.3 is 5.32 Å². The molecule has 2 aromatic carbocycles. The van der Waals surface area contributed by atoms with Crippen molar-refractivity contribution < 1.29 is 13.2 Å². The minimum atomic E-state index is -3.84. The summed E-state index contributed by atoms with van der Waals surface area (Å²) in [5.41, 5.74) is 4.06. The zero-order valence-corrected chi connectivity index (χ0v) is 18.1. The molecule has 0 bridgehead atoms. The smallest absolute Gasteiger partial charge is 0.244 e. The molecule has 30 heavy (non-hydrogen) atoms. The monoisotopic (exact) mass is 424 g/mol. The van der Waals surface area contributed by atoms with Crippen molar-refractivity contribution in [2.45, 2.75) is 50.0 Å². The molecule has 1 saturated heterocycles. The molecule has 1 N–H and O–H groups in total. The summed E-state index contributed by atoms with van der Waals surface area (Å²) in [4.78, 5) is 13.0. The first-order chi connectivity index (χ1) is 14.5. The Labute approximate surface area is 178 Å². The highest BCUT2D eigenvalue weighted by Crippen LogP contribution is 2.36. The Kier molecular flexibility index (Phi) is 6.06. The SMILES string of the molecule is CCCN([C@@H]1CCCCNC1=O)S(=O)(=O)c1ccccc1C1=Cc2ccccc2C1. The van der Waals surface area contributed by atoms with Crippen LogP contribution in [0.15, 0.2) is 53.4 Å². The third-order valence-electron chi connectivity index (χ3n) is 5.88. The highest BCUT2D eigenvalue weighted by molar-refractivity contribution is 7.89. The van der Waals surface area contributed by atoms with E-state index in [0.29, 0.717) is 32.4 Å². The van der Waals surface area contributed by atoms with E-state index in [4.69, 9.17) is 0 Å². The lowest BCUT2D eigenvalue weighted by atomic mass is 10.0. The molecule has 1 aliphatic carbocycles. The first kappa shape index (κ1) is 20.8. The van der Waals surface area contributed by atoms with E-state index in [9.17, 15) is 13.2 Å². The lowest BCUT2D eigenvalue weighted by Crippen LogP contribution is -2.49. The quantitative estimate of drug-likeness (QED) is 0.766. The normalized spacial score (nSPS) is 19.2. The van der Waals surface area contributed by atoms with Crippen LogP contribution in [0.25, 0.3) is 11.6 Å². The average Bonchev–Trinajstić information content (AvgIpc) is 3.08. The van der Waals surface area contributed by atoms with Crippen molar-refractivity contribution in [1.29, 1.82) is 0 Å². The van der Waals surface area contributed by atoms with Crippen LogP contribution in [0.4, 0.5) is 0 Å².